The Balaban J connectivity index is 2.49. The van der Waals surface area contributed by atoms with E-state index < -0.39 is 0 Å². The molecule has 1 aromatic rings. The summed E-state index contributed by atoms with van der Waals surface area (Å²) >= 11 is 0. The Labute approximate surface area is 132 Å². The highest BCUT2D eigenvalue weighted by molar-refractivity contribution is 5.89. The first kappa shape index (κ1) is 18.2. The predicted octanol–water partition coefficient (Wildman–Crippen LogP) is 4.52. The number of unbranched alkanes of at least 4 members (excludes halogenated alkanes) is 3. The van der Waals surface area contributed by atoms with Gasteiger partial charge in [-0.1, -0.05) is 33.1 Å². The van der Waals surface area contributed by atoms with Gasteiger partial charge in [-0.15, -0.1) is 0 Å². The molecule has 1 atom stereocenters. The third kappa shape index (κ3) is 6.74. The molecule has 0 bridgehead atoms. The van der Waals surface area contributed by atoms with E-state index in [1.807, 2.05) is 6.92 Å². The van der Waals surface area contributed by atoms with Gasteiger partial charge in [0.15, 0.2) is 0 Å². The molecule has 0 aliphatic heterocycles. The Morgan fingerprint density at radius 1 is 1.05 bits per heavy atom. The molecule has 1 aromatic carbocycles. The summed E-state index contributed by atoms with van der Waals surface area (Å²) in [5, 5.41) is 0. The zero-order valence-electron chi connectivity index (χ0n) is 13.8. The average molecular weight is 306 g/mol. The van der Waals surface area contributed by atoms with Crippen LogP contribution in [-0.4, -0.2) is 18.0 Å². The molecule has 4 nitrogen and oxygen atoms in total. The van der Waals surface area contributed by atoms with E-state index >= 15 is 0 Å². The third-order valence-corrected chi connectivity index (χ3v) is 3.46. The van der Waals surface area contributed by atoms with Gasteiger partial charge in [-0.2, -0.15) is 0 Å². The third-order valence-electron chi connectivity index (χ3n) is 3.46. The summed E-state index contributed by atoms with van der Waals surface area (Å²) in [4.78, 5) is 23.0. The van der Waals surface area contributed by atoms with Crippen molar-refractivity contribution in [2.75, 3.05) is 0 Å². The summed E-state index contributed by atoms with van der Waals surface area (Å²) in [5.41, 5.74) is 0.475. The summed E-state index contributed by atoms with van der Waals surface area (Å²) in [5.74, 6) is -0.277. The van der Waals surface area contributed by atoms with Gasteiger partial charge in [0, 0.05) is 6.92 Å². The van der Waals surface area contributed by atoms with Gasteiger partial charge in [0.2, 0.25) is 0 Å². The van der Waals surface area contributed by atoms with Crippen LogP contribution in [0, 0.1) is 0 Å². The van der Waals surface area contributed by atoms with Crippen molar-refractivity contribution in [2.45, 2.75) is 65.4 Å². The van der Waals surface area contributed by atoms with Crippen LogP contribution >= 0.6 is 0 Å². The largest absolute Gasteiger partial charge is 0.459 e. The molecule has 0 saturated heterocycles. The Kier molecular flexibility index (Phi) is 8.26. The molecule has 1 rings (SSSR count). The predicted molar refractivity (Wildman–Crippen MR) is 86.0 cm³/mol. The lowest BCUT2D eigenvalue weighted by atomic mass is 10.1. The average Bonchev–Trinajstić information content (AvgIpc) is 2.50. The SMILES string of the molecule is CCCCCCC(CC)OC(=O)c1ccc(OC(C)=O)cc1. The van der Waals surface area contributed by atoms with E-state index in [0.717, 1.165) is 19.3 Å². The minimum Gasteiger partial charge on any atom is -0.459 e. The second-order valence-electron chi connectivity index (χ2n) is 5.40. The van der Waals surface area contributed by atoms with Crippen molar-refractivity contribution < 1.29 is 19.1 Å². The molecule has 4 heteroatoms. The molecular weight excluding hydrogens is 280 g/mol. The van der Waals surface area contributed by atoms with Crippen LogP contribution in [0.2, 0.25) is 0 Å². The van der Waals surface area contributed by atoms with Gasteiger partial charge in [0.25, 0.3) is 0 Å². The molecule has 1 unspecified atom stereocenters. The summed E-state index contributed by atoms with van der Waals surface area (Å²) in [6.45, 7) is 5.55. The van der Waals surface area contributed by atoms with Gasteiger partial charge in [-0.25, -0.2) is 4.79 Å². The number of hydrogen-bond donors (Lipinski definition) is 0. The molecule has 0 aliphatic rings. The lowest BCUT2D eigenvalue weighted by Crippen LogP contribution is -2.17. The second-order valence-corrected chi connectivity index (χ2v) is 5.40. The molecule has 0 spiro atoms. The minimum atomic E-state index is -0.381. The van der Waals surface area contributed by atoms with Crippen LogP contribution < -0.4 is 4.74 Å². The molecule has 0 aliphatic carbocycles. The van der Waals surface area contributed by atoms with Crippen LogP contribution in [0.25, 0.3) is 0 Å². The fourth-order valence-electron chi connectivity index (χ4n) is 2.19. The first-order valence-electron chi connectivity index (χ1n) is 8.06. The first-order valence-corrected chi connectivity index (χ1v) is 8.06. The molecule has 0 heterocycles. The lowest BCUT2D eigenvalue weighted by molar-refractivity contribution is -0.131. The van der Waals surface area contributed by atoms with Crippen molar-refractivity contribution in [3.05, 3.63) is 29.8 Å². The number of rotatable bonds is 9. The Hall–Kier alpha value is -1.84. The second kappa shape index (κ2) is 9.98. The molecule has 0 saturated carbocycles. The van der Waals surface area contributed by atoms with Gasteiger partial charge in [-0.3, -0.25) is 4.79 Å². The van der Waals surface area contributed by atoms with Crippen LogP contribution in [0.5, 0.6) is 5.75 Å². The maximum atomic E-state index is 12.1. The van der Waals surface area contributed by atoms with Crippen molar-refractivity contribution in [3.63, 3.8) is 0 Å². The molecule has 122 valence electrons. The minimum absolute atomic E-state index is 0.0301. The zero-order chi connectivity index (χ0) is 16.4. The summed E-state index contributed by atoms with van der Waals surface area (Å²) in [7, 11) is 0. The van der Waals surface area contributed by atoms with E-state index in [0.29, 0.717) is 11.3 Å². The van der Waals surface area contributed by atoms with E-state index in [4.69, 9.17) is 9.47 Å². The van der Waals surface area contributed by atoms with E-state index in [1.165, 1.54) is 26.2 Å². The normalized spacial score (nSPS) is 11.8. The van der Waals surface area contributed by atoms with Crippen LogP contribution in [0.1, 0.15) is 69.7 Å². The maximum Gasteiger partial charge on any atom is 0.338 e. The molecule has 0 amide bonds. The maximum absolute atomic E-state index is 12.1. The highest BCUT2D eigenvalue weighted by atomic mass is 16.5. The molecular formula is C18H26O4. The number of benzene rings is 1. The molecule has 0 N–H and O–H groups in total. The van der Waals surface area contributed by atoms with Crippen LogP contribution in [0.4, 0.5) is 0 Å². The fourth-order valence-corrected chi connectivity index (χ4v) is 2.19. The molecule has 0 fully saturated rings. The van der Waals surface area contributed by atoms with E-state index in [2.05, 4.69) is 6.92 Å². The van der Waals surface area contributed by atoms with Gasteiger partial charge < -0.3 is 9.47 Å². The number of carbonyl (C=O) groups is 2. The van der Waals surface area contributed by atoms with Gasteiger partial charge in [0.05, 0.1) is 5.56 Å². The highest BCUT2D eigenvalue weighted by Gasteiger charge is 2.14. The van der Waals surface area contributed by atoms with Crippen molar-refractivity contribution in [2.24, 2.45) is 0 Å². The van der Waals surface area contributed by atoms with Crippen LogP contribution in [0.3, 0.4) is 0 Å². The smallest absolute Gasteiger partial charge is 0.338 e. The summed E-state index contributed by atoms with van der Waals surface area (Å²) < 4.78 is 10.5. The molecule has 22 heavy (non-hydrogen) atoms. The zero-order valence-corrected chi connectivity index (χ0v) is 13.8. The lowest BCUT2D eigenvalue weighted by Gasteiger charge is -2.16. The van der Waals surface area contributed by atoms with E-state index in [-0.39, 0.29) is 18.0 Å². The van der Waals surface area contributed by atoms with E-state index in [9.17, 15) is 9.59 Å². The number of hydrogen-bond acceptors (Lipinski definition) is 4. The molecule has 0 aromatic heterocycles. The van der Waals surface area contributed by atoms with Gasteiger partial charge >= 0.3 is 11.9 Å². The quantitative estimate of drug-likeness (QED) is 0.382. The van der Waals surface area contributed by atoms with Crippen molar-refractivity contribution in [3.8, 4) is 5.75 Å². The summed E-state index contributed by atoms with van der Waals surface area (Å²) in [6, 6.07) is 6.43. The van der Waals surface area contributed by atoms with Crippen molar-refractivity contribution in [1.82, 2.24) is 0 Å². The number of carbonyl (C=O) groups excluding carboxylic acids is 2. The summed E-state index contributed by atoms with van der Waals surface area (Å²) in [6.07, 6.45) is 6.40. The number of ether oxygens (including phenoxy) is 2. The van der Waals surface area contributed by atoms with Crippen molar-refractivity contribution >= 4 is 11.9 Å². The molecule has 0 radical (unpaired) electrons. The first-order chi connectivity index (χ1) is 10.6. The van der Waals surface area contributed by atoms with Crippen LogP contribution in [-0.2, 0) is 9.53 Å². The highest BCUT2D eigenvalue weighted by Crippen LogP contribution is 2.16. The Bertz CT molecular complexity index is 464. The fraction of sp³-hybridized carbons (Fsp3) is 0.556. The van der Waals surface area contributed by atoms with E-state index in [1.54, 1.807) is 24.3 Å². The van der Waals surface area contributed by atoms with Gasteiger partial charge in [-0.05, 0) is 43.5 Å². The topological polar surface area (TPSA) is 52.6 Å². The number of esters is 2. The monoisotopic (exact) mass is 306 g/mol. The van der Waals surface area contributed by atoms with Crippen LogP contribution in [0.15, 0.2) is 24.3 Å². The van der Waals surface area contributed by atoms with Crippen molar-refractivity contribution in [1.29, 1.82) is 0 Å². The van der Waals surface area contributed by atoms with Gasteiger partial charge in [0.1, 0.15) is 11.9 Å². The standard InChI is InChI=1S/C18H26O4/c1-4-6-7-8-9-16(5-2)22-18(20)15-10-12-17(13-11-15)21-14(3)19/h10-13,16H,4-9H2,1-3H3. The Morgan fingerprint density at radius 2 is 1.73 bits per heavy atom. The Morgan fingerprint density at radius 3 is 2.27 bits per heavy atom.